The summed E-state index contributed by atoms with van der Waals surface area (Å²) >= 11 is 2.18. The minimum atomic E-state index is -0.00245. The van der Waals surface area contributed by atoms with E-state index in [2.05, 4.69) is 27.9 Å². The molecule has 1 aliphatic carbocycles. The summed E-state index contributed by atoms with van der Waals surface area (Å²) in [5, 5.41) is 3.06. The van der Waals surface area contributed by atoms with E-state index in [0.717, 1.165) is 28.4 Å². The topological polar surface area (TPSA) is 55.1 Å². The molecule has 0 radical (unpaired) electrons. The zero-order valence-corrected chi connectivity index (χ0v) is 11.8. The van der Waals surface area contributed by atoms with Crippen molar-refractivity contribution in [2.75, 3.05) is 0 Å². The second-order valence-corrected chi connectivity index (χ2v) is 5.67. The summed E-state index contributed by atoms with van der Waals surface area (Å²) in [6.07, 6.45) is 4.34. The average Bonchev–Trinajstić information content (AvgIpc) is 2.32. The van der Waals surface area contributed by atoms with Gasteiger partial charge >= 0.3 is 0 Å². The molecule has 0 saturated heterocycles. The first-order valence-electron chi connectivity index (χ1n) is 5.99. The van der Waals surface area contributed by atoms with Crippen molar-refractivity contribution < 1.29 is 4.79 Å². The predicted molar refractivity (Wildman–Crippen MR) is 76.9 cm³/mol. The van der Waals surface area contributed by atoms with Gasteiger partial charge < -0.3 is 11.1 Å². The molecule has 2 atom stereocenters. The van der Waals surface area contributed by atoms with E-state index in [4.69, 9.17) is 5.73 Å². The zero-order valence-electron chi connectivity index (χ0n) is 9.66. The first kappa shape index (κ1) is 12.8. The predicted octanol–water partition coefficient (Wildman–Crippen LogP) is 2.29. The van der Waals surface area contributed by atoms with Crippen LogP contribution < -0.4 is 11.1 Å². The van der Waals surface area contributed by atoms with Crippen molar-refractivity contribution in [3.63, 3.8) is 0 Å². The molecule has 1 saturated carbocycles. The average molecular weight is 344 g/mol. The van der Waals surface area contributed by atoms with Crippen molar-refractivity contribution >= 4 is 28.5 Å². The Balaban J connectivity index is 2.04. The Kier molecular flexibility index (Phi) is 4.39. The molecular formula is C13H17IN2O. The summed E-state index contributed by atoms with van der Waals surface area (Å²) in [6.45, 7) is 0. The molecule has 1 aliphatic rings. The Morgan fingerprint density at radius 1 is 1.29 bits per heavy atom. The van der Waals surface area contributed by atoms with Crippen LogP contribution in [-0.2, 0) is 0 Å². The van der Waals surface area contributed by atoms with Crippen molar-refractivity contribution in [1.82, 2.24) is 5.32 Å². The van der Waals surface area contributed by atoms with E-state index in [9.17, 15) is 4.79 Å². The molecule has 3 nitrogen and oxygen atoms in total. The minimum absolute atomic E-state index is 0.00245. The van der Waals surface area contributed by atoms with Crippen LogP contribution in [0.5, 0.6) is 0 Å². The fourth-order valence-electron chi connectivity index (χ4n) is 2.23. The number of rotatable bonds is 2. The number of hydrogen-bond acceptors (Lipinski definition) is 2. The molecule has 92 valence electrons. The van der Waals surface area contributed by atoms with E-state index in [1.807, 2.05) is 24.3 Å². The molecule has 0 aromatic heterocycles. The van der Waals surface area contributed by atoms with Crippen molar-refractivity contribution in [2.45, 2.75) is 37.8 Å². The van der Waals surface area contributed by atoms with Gasteiger partial charge in [-0.2, -0.15) is 0 Å². The molecule has 0 bridgehead atoms. The lowest BCUT2D eigenvalue weighted by atomic mass is 9.91. The zero-order chi connectivity index (χ0) is 12.3. The maximum absolute atomic E-state index is 12.1. The highest BCUT2D eigenvalue weighted by atomic mass is 127. The number of amides is 1. The lowest BCUT2D eigenvalue weighted by Crippen LogP contribution is -2.49. The summed E-state index contributed by atoms with van der Waals surface area (Å²) in [4.78, 5) is 12.1. The van der Waals surface area contributed by atoms with Crippen LogP contribution in [0.2, 0.25) is 0 Å². The number of carbonyl (C=O) groups excluding carboxylic acids is 1. The van der Waals surface area contributed by atoms with Crippen molar-refractivity contribution in [3.8, 4) is 0 Å². The van der Waals surface area contributed by atoms with E-state index in [-0.39, 0.29) is 18.0 Å². The van der Waals surface area contributed by atoms with Crippen LogP contribution in [-0.4, -0.2) is 18.0 Å². The van der Waals surface area contributed by atoms with Gasteiger partial charge in [0, 0.05) is 15.7 Å². The van der Waals surface area contributed by atoms with Gasteiger partial charge in [0.1, 0.15) is 0 Å². The number of nitrogens with two attached hydrogens (primary N) is 1. The standard InChI is InChI=1S/C13H17IN2O/c14-10-6-2-1-5-9(10)13(17)16-12-8-4-3-7-11(12)15/h1-2,5-6,11-12H,3-4,7-8,15H2,(H,16,17). The molecule has 3 N–H and O–H groups in total. The SMILES string of the molecule is NC1CCCCC1NC(=O)c1ccccc1I. The fourth-order valence-corrected chi connectivity index (χ4v) is 2.86. The number of hydrogen-bond donors (Lipinski definition) is 2. The van der Waals surface area contributed by atoms with E-state index in [1.165, 1.54) is 6.42 Å². The second-order valence-electron chi connectivity index (χ2n) is 4.51. The first-order chi connectivity index (χ1) is 8.18. The fraction of sp³-hybridized carbons (Fsp3) is 0.462. The Labute approximate surface area is 115 Å². The molecule has 1 aromatic carbocycles. The third kappa shape index (κ3) is 3.19. The number of nitrogens with one attached hydrogen (secondary N) is 1. The van der Waals surface area contributed by atoms with Gasteiger partial charge in [-0.25, -0.2) is 0 Å². The molecule has 0 spiro atoms. The van der Waals surface area contributed by atoms with Gasteiger partial charge in [-0.3, -0.25) is 4.79 Å². The Bertz CT molecular complexity index is 408. The Hall–Kier alpha value is -0.620. The van der Waals surface area contributed by atoms with Gasteiger partial charge in [-0.1, -0.05) is 25.0 Å². The highest BCUT2D eigenvalue weighted by Gasteiger charge is 2.24. The third-order valence-corrected chi connectivity index (χ3v) is 4.20. The molecule has 0 aliphatic heterocycles. The van der Waals surface area contributed by atoms with Crippen molar-refractivity contribution in [3.05, 3.63) is 33.4 Å². The molecule has 1 amide bonds. The van der Waals surface area contributed by atoms with Gasteiger partial charge in [0.05, 0.1) is 5.56 Å². The van der Waals surface area contributed by atoms with Crippen LogP contribution in [0.25, 0.3) is 0 Å². The Morgan fingerprint density at radius 2 is 2.00 bits per heavy atom. The van der Waals surface area contributed by atoms with Gasteiger partial charge in [0.15, 0.2) is 0 Å². The van der Waals surface area contributed by atoms with Crippen LogP contribution in [0.1, 0.15) is 36.0 Å². The number of halogens is 1. The molecule has 2 rings (SSSR count). The summed E-state index contributed by atoms with van der Waals surface area (Å²) in [5.41, 5.74) is 6.77. The van der Waals surface area contributed by atoms with Crippen LogP contribution >= 0.6 is 22.6 Å². The monoisotopic (exact) mass is 344 g/mol. The van der Waals surface area contributed by atoms with Gasteiger partial charge in [0.25, 0.3) is 5.91 Å². The quantitative estimate of drug-likeness (QED) is 0.809. The van der Waals surface area contributed by atoms with Crippen LogP contribution in [0.3, 0.4) is 0 Å². The van der Waals surface area contributed by atoms with Crippen LogP contribution in [0, 0.1) is 3.57 Å². The van der Waals surface area contributed by atoms with Crippen molar-refractivity contribution in [2.24, 2.45) is 5.73 Å². The molecule has 1 fully saturated rings. The maximum Gasteiger partial charge on any atom is 0.252 e. The Morgan fingerprint density at radius 3 is 2.71 bits per heavy atom. The smallest absolute Gasteiger partial charge is 0.252 e. The minimum Gasteiger partial charge on any atom is -0.348 e. The first-order valence-corrected chi connectivity index (χ1v) is 7.07. The number of benzene rings is 1. The largest absolute Gasteiger partial charge is 0.348 e. The summed E-state index contributed by atoms with van der Waals surface area (Å²) < 4.78 is 0.979. The summed E-state index contributed by atoms with van der Waals surface area (Å²) in [7, 11) is 0. The molecule has 0 heterocycles. The molecule has 2 unspecified atom stereocenters. The molecular weight excluding hydrogens is 327 g/mol. The van der Waals surface area contributed by atoms with Gasteiger partial charge in [0.2, 0.25) is 0 Å². The van der Waals surface area contributed by atoms with Gasteiger partial charge in [-0.15, -0.1) is 0 Å². The molecule has 17 heavy (non-hydrogen) atoms. The van der Waals surface area contributed by atoms with E-state index >= 15 is 0 Å². The van der Waals surface area contributed by atoms with Crippen molar-refractivity contribution in [1.29, 1.82) is 0 Å². The molecule has 4 heteroatoms. The maximum atomic E-state index is 12.1. The van der Waals surface area contributed by atoms with Crippen LogP contribution in [0.4, 0.5) is 0 Å². The second kappa shape index (κ2) is 5.82. The van der Waals surface area contributed by atoms with E-state index in [1.54, 1.807) is 0 Å². The third-order valence-electron chi connectivity index (χ3n) is 3.25. The summed E-state index contributed by atoms with van der Waals surface area (Å²) in [6, 6.07) is 7.85. The number of carbonyl (C=O) groups is 1. The highest BCUT2D eigenvalue weighted by Crippen LogP contribution is 2.18. The lowest BCUT2D eigenvalue weighted by Gasteiger charge is -2.29. The van der Waals surface area contributed by atoms with Crippen LogP contribution in [0.15, 0.2) is 24.3 Å². The van der Waals surface area contributed by atoms with E-state index in [0.29, 0.717) is 0 Å². The molecule has 1 aromatic rings. The van der Waals surface area contributed by atoms with Gasteiger partial charge in [-0.05, 0) is 47.6 Å². The summed E-state index contributed by atoms with van der Waals surface area (Å²) in [5.74, 6) is -0.00245. The lowest BCUT2D eigenvalue weighted by molar-refractivity contribution is 0.0920. The van der Waals surface area contributed by atoms with E-state index < -0.39 is 0 Å². The highest BCUT2D eigenvalue weighted by molar-refractivity contribution is 14.1. The normalized spacial score (nSPS) is 24.4.